The molecule has 2 aromatic rings. The number of aliphatic carboxylic acids is 1. The van der Waals surface area contributed by atoms with Crippen LogP contribution in [0.3, 0.4) is 0 Å². The van der Waals surface area contributed by atoms with Crippen LogP contribution in [-0.4, -0.2) is 205 Å². The van der Waals surface area contributed by atoms with Gasteiger partial charge in [-0.3, -0.25) is 43.2 Å². The van der Waals surface area contributed by atoms with Gasteiger partial charge >= 0.3 is 5.97 Å². The van der Waals surface area contributed by atoms with Crippen LogP contribution < -0.4 is 53.6 Å². The summed E-state index contributed by atoms with van der Waals surface area (Å²) in [6, 6.07) is -8.00. The molecule has 0 aliphatic rings. The summed E-state index contributed by atoms with van der Waals surface area (Å²) >= 11 is 5.31. The largest absolute Gasteiger partial charge is 0.508 e. The molecule has 0 spiro atoms. The molecule has 0 aliphatic heterocycles. The standard InChI is InChI=1S/C42H64N12O16S2/c1-20(2)33(54-39(66)30(17-58)51-37(64)28(15-56)50-38(65)29(16-57)52-40(67)31(18-71)53-34(61)24(43)14-55)41(68)45-13-32(60)47-26(10-21-4-6-23(59)7-5-21)36(63)48-25(8-9-72-3)35(62)49-27(42(69)70)11-22-12-44-19-46-22/h4-7,12,19-20,24-31,33,55-59,71H,8-11,13-18,43H2,1-3H3,(H,44,46)(H,45,68)(H,47,60)(H,48,63)(H,49,62)(H,50,65)(H,51,64)(H,52,67)(H,53,61)(H,54,66)(H,69,70)/t24-,25-,26-,27-,28-,29-,30-,31-,33-/m0/s1. The lowest BCUT2D eigenvalue weighted by Crippen LogP contribution is -2.62. The van der Waals surface area contributed by atoms with Gasteiger partial charge in [0.1, 0.15) is 60.1 Å². The van der Waals surface area contributed by atoms with Crippen molar-refractivity contribution in [2.75, 3.05) is 50.7 Å². The second kappa shape index (κ2) is 31.7. The van der Waals surface area contributed by atoms with E-state index in [1.807, 2.05) is 0 Å². The van der Waals surface area contributed by atoms with Gasteiger partial charge in [0.2, 0.25) is 53.2 Å². The van der Waals surface area contributed by atoms with Crippen molar-refractivity contribution < 1.29 is 78.6 Å². The number of benzene rings is 1. The van der Waals surface area contributed by atoms with Gasteiger partial charge in [-0.15, -0.1) is 0 Å². The van der Waals surface area contributed by atoms with Crippen molar-refractivity contribution in [3.8, 4) is 5.75 Å². The van der Waals surface area contributed by atoms with Crippen molar-refractivity contribution in [1.29, 1.82) is 0 Å². The van der Waals surface area contributed by atoms with Crippen LogP contribution in [-0.2, 0) is 60.8 Å². The van der Waals surface area contributed by atoms with Crippen LogP contribution in [0.2, 0.25) is 0 Å². The number of carbonyl (C=O) groups is 10. The Morgan fingerprint density at radius 3 is 1.60 bits per heavy atom. The third kappa shape index (κ3) is 20.6. The fourth-order valence-corrected chi connectivity index (χ4v) is 6.94. The van der Waals surface area contributed by atoms with Crippen LogP contribution in [0.25, 0.3) is 0 Å². The number of phenolic OH excluding ortho intramolecular Hbond substituents is 1. The highest BCUT2D eigenvalue weighted by Crippen LogP contribution is 2.13. The molecule has 1 aromatic heterocycles. The van der Waals surface area contributed by atoms with Gasteiger partial charge in [0.05, 0.1) is 39.3 Å². The van der Waals surface area contributed by atoms with Gasteiger partial charge in [0.25, 0.3) is 0 Å². The maximum Gasteiger partial charge on any atom is 0.326 e. The molecule has 72 heavy (non-hydrogen) atoms. The number of nitrogens with one attached hydrogen (secondary N) is 10. The number of aromatic nitrogens is 2. The van der Waals surface area contributed by atoms with Crippen molar-refractivity contribution in [3.63, 3.8) is 0 Å². The van der Waals surface area contributed by atoms with E-state index in [1.165, 1.54) is 62.4 Å². The number of carboxylic acid groups (broad SMARTS) is 1. The predicted molar refractivity (Wildman–Crippen MR) is 258 cm³/mol. The first-order valence-corrected chi connectivity index (χ1v) is 24.1. The Labute approximate surface area is 422 Å². The Morgan fingerprint density at radius 1 is 0.639 bits per heavy atom. The Bertz CT molecular complexity index is 2140. The second-order valence-electron chi connectivity index (χ2n) is 16.2. The zero-order valence-corrected chi connectivity index (χ0v) is 41.2. The molecule has 18 N–H and O–H groups in total. The van der Waals surface area contributed by atoms with E-state index in [0.717, 1.165) is 0 Å². The van der Waals surface area contributed by atoms with Gasteiger partial charge in [-0.05, 0) is 42.0 Å². The molecule has 0 aliphatic carbocycles. The number of hydrogen-bond donors (Lipinski definition) is 18. The molecule has 1 aromatic carbocycles. The van der Waals surface area contributed by atoms with Crippen molar-refractivity contribution in [2.24, 2.45) is 11.7 Å². The number of aliphatic hydroxyl groups excluding tert-OH is 4. The molecule has 30 heteroatoms. The molecule has 2 rings (SSSR count). The third-order valence-electron chi connectivity index (χ3n) is 10.3. The van der Waals surface area contributed by atoms with E-state index in [0.29, 0.717) is 17.0 Å². The van der Waals surface area contributed by atoms with Crippen LogP contribution in [0.4, 0.5) is 0 Å². The number of hydrogen-bond acceptors (Lipinski definition) is 19. The average Bonchev–Trinajstić information content (AvgIpc) is 3.87. The molecular weight excluding hydrogens is 993 g/mol. The Hall–Kier alpha value is -6.57. The van der Waals surface area contributed by atoms with Gasteiger partial charge in [-0.1, -0.05) is 26.0 Å². The van der Waals surface area contributed by atoms with Gasteiger partial charge < -0.3 is 89.2 Å². The number of aromatic hydroxyl groups is 1. The first-order chi connectivity index (χ1) is 34.1. The minimum absolute atomic E-state index is 0.0606. The topological polar surface area (TPSA) is 455 Å². The number of H-pyrrole nitrogens is 1. The number of amides is 9. The highest BCUT2D eigenvalue weighted by atomic mass is 32.2. The number of imidazole rings is 1. The van der Waals surface area contributed by atoms with Gasteiger partial charge in [-0.25, -0.2) is 9.78 Å². The molecule has 9 amide bonds. The van der Waals surface area contributed by atoms with Crippen molar-refractivity contribution >= 4 is 83.5 Å². The van der Waals surface area contributed by atoms with E-state index in [-0.39, 0.29) is 30.8 Å². The fraction of sp³-hybridized carbons (Fsp3) is 0.548. The van der Waals surface area contributed by atoms with Crippen LogP contribution >= 0.6 is 24.4 Å². The molecule has 0 radical (unpaired) electrons. The van der Waals surface area contributed by atoms with Crippen LogP contribution in [0.1, 0.15) is 31.5 Å². The average molecular weight is 1060 g/mol. The van der Waals surface area contributed by atoms with E-state index in [4.69, 9.17) is 10.8 Å². The molecule has 0 fully saturated rings. The predicted octanol–water partition coefficient (Wildman–Crippen LogP) is -7.38. The first-order valence-electron chi connectivity index (χ1n) is 22.1. The number of aliphatic hydroxyl groups is 4. The zero-order chi connectivity index (χ0) is 54.1. The number of nitrogens with zero attached hydrogens (tertiary/aromatic N) is 1. The Balaban J connectivity index is 2.15. The van der Waals surface area contributed by atoms with Crippen molar-refractivity contribution in [3.05, 3.63) is 48.0 Å². The van der Waals surface area contributed by atoms with E-state index in [9.17, 15) is 73.5 Å². The highest BCUT2D eigenvalue weighted by Gasteiger charge is 2.34. The molecular formula is C42H64N12O16S2. The first kappa shape index (κ1) is 61.5. The van der Waals surface area contributed by atoms with Crippen LogP contribution in [0.5, 0.6) is 5.75 Å². The minimum atomic E-state index is -1.84. The lowest BCUT2D eigenvalue weighted by Gasteiger charge is -2.26. The SMILES string of the molecule is CSCC[C@H](NC(=O)[C@H](Cc1ccc(O)cc1)NC(=O)CNC(=O)[C@@H](NC(=O)[C@H](CO)NC(=O)[C@H](CO)NC(=O)[C@H](CO)NC(=O)[C@H](CS)NC(=O)[C@@H](N)CO)C(C)C)C(=O)N[C@@H](Cc1cnc[nH]1)C(=O)O. The quantitative estimate of drug-likeness (QED) is 0.0303. The maximum atomic E-state index is 13.9. The monoisotopic (exact) mass is 1060 g/mol. The number of aromatic amines is 1. The molecule has 0 bridgehead atoms. The van der Waals surface area contributed by atoms with Gasteiger partial charge in [0, 0.05) is 30.5 Å². The van der Waals surface area contributed by atoms with Crippen LogP contribution in [0.15, 0.2) is 36.8 Å². The lowest BCUT2D eigenvalue weighted by molar-refractivity contribution is -0.142. The Kier molecular flexibility index (Phi) is 27.1. The van der Waals surface area contributed by atoms with Gasteiger partial charge in [0.15, 0.2) is 0 Å². The number of thiol groups is 1. The zero-order valence-electron chi connectivity index (χ0n) is 39.5. The normalized spacial score (nSPS) is 14.8. The molecule has 9 atom stereocenters. The van der Waals surface area contributed by atoms with E-state index >= 15 is 0 Å². The summed E-state index contributed by atoms with van der Waals surface area (Å²) in [7, 11) is 0. The Morgan fingerprint density at radius 2 is 1.12 bits per heavy atom. The molecule has 28 nitrogen and oxygen atoms in total. The minimum Gasteiger partial charge on any atom is -0.508 e. The van der Waals surface area contributed by atoms with E-state index in [2.05, 4.69) is 70.4 Å². The summed E-state index contributed by atoms with van der Waals surface area (Å²) in [5, 5.41) is 79.1. The van der Waals surface area contributed by atoms with E-state index < -0.39 is 152 Å². The smallest absolute Gasteiger partial charge is 0.326 e. The van der Waals surface area contributed by atoms with E-state index in [1.54, 1.807) is 6.26 Å². The number of rotatable bonds is 32. The summed E-state index contributed by atoms with van der Waals surface area (Å²) in [6.07, 6.45) is 4.22. The third-order valence-corrected chi connectivity index (χ3v) is 11.3. The van der Waals surface area contributed by atoms with Crippen molar-refractivity contribution in [2.45, 2.75) is 87.5 Å². The molecule has 0 saturated carbocycles. The molecule has 400 valence electrons. The summed E-state index contributed by atoms with van der Waals surface area (Å²) in [6.45, 7) is -1.69. The molecule has 1 heterocycles. The van der Waals surface area contributed by atoms with Crippen molar-refractivity contribution in [1.82, 2.24) is 57.8 Å². The molecule has 0 saturated heterocycles. The summed E-state index contributed by atoms with van der Waals surface area (Å²) in [5.41, 5.74) is 6.31. The summed E-state index contributed by atoms with van der Waals surface area (Å²) < 4.78 is 0. The summed E-state index contributed by atoms with van der Waals surface area (Å²) in [5.74, 6) is -11.1. The second-order valence-corrected chi connectivity index (χ2v) is 17.6. The number of carboxylic acids is 1. The number of thioether (sulfide) groups is 1. The number of nitrogens with two attached hydrogens (primary N) is 1. The number of carbonyl (C=O) groups excluding carboxylic acids is 9. The summed E-state index contributed by atoms with van der Waals surface area (Å²) in [4.78, 5) is 137. The van der Waals surface area contributed by atoms with Crippen LogP contribution in [0, 0.1) is 5.92 Å². The van der Waals surface area contributed by atoms with Gasteiger partial charge in [-0.2, -0.15) is 24.4 Å². The molecule has 0 unspecified atom stereocenters. The number of phenols is 1. The lowest BCUT2D eigenvalue weighted by atomic mass is 10.0. The maximum absolute atomic E-state index is 13.9. The fourth-order valence-electron chi connectivity index (χ4n) is 6.21. The highest BCUT2D eigenvalue weighted by molar-refractivity contribution is 7.98.